The summed E-state index contributed by atoms with van der Waals surface area (Å²) in [6, 6.07) is 6.22. The number of nitrogens with zero attached hydrogens (tertiary/aromatic N) is 1. The van der Waals surface area contributed by atoms with Crippen LogP contribution >= 0.6 is 15.9 Å². The van der Waals surface area contributed by atoms with Crippen molar-refractivity contribution in [2.24, 2.45) is 5.73 Å². The SMILES string of the molecule is COc1ccc(Br)c(C(CN)N2CCC(OC)C2)c1. The molecule has 0 saturated carbocycles. The summed E-state index contributed by atoms with van der Waals surface area (Å²) in [6.07, 6.45) is 1.38. The summed E-state index contributed by atoms with van der Waals surface area (Å²) in [7, 11) is 3.45. The second-order valence-electron chi connectivity index (χ2n) is 4.78. The van der Waals surface area contributed by atoms with E-state index < -0.39 is 0 Å². The lowest BCUT2D eigenvalue weighted by Crippen LogP contribution is -2.33. The molecule has 1 saturated heterocycles. The van der Waals surface area contributed by atoms with Crippen molar-refractivity contribution >= 4 is 15.9 Å². The summed E-state index contributed by atoms with van der Waals surface area (Å²) in [5.41, 5.74) is 7.17. The summed E-state index contributed by atoms with van der Waals surface area (Å²) >= 11 is 3.61. The highest BCUT2D eigenvalue weighted by Gasteiger charge is 2.29. The molecule has 19 heavy (non-hydrogen) atoms. The van der Waals surface area contributed by atoms with E-state index in [4.69, 9.17) is 15.2 Å². The van der Waals surface area contributed by atoms with Crippen LogP contribution < -0.4 is 10.5 Å². The van der Waals surface area contributed by atoms with E-state index in [0.717, 1.165) is 29.7 Å². The number of rotatable bonds is 5. The lowest BCUT2D eigenvalue weighted by atomic mass is 10.1. The first-order chi connectivity index (χ1) is 9.19. The molecule has 0 bridgehead atoms. The molecule has 2 atom stereocenters. The molecule has 4 nitrogen and oxygen atoms in total. The van der Waals surface area contributed by atoms with Gasteiger partial charge in [-0.1, -0.05) is 15.9 Å². The van der Waals surface area contributed by atoms with Gasteiger partial charge in [-0.15, -0.1) is 0 Å². The van der Waals surface area contributed by atoms with E-state index in [-0.39, 0.29) is 6.04 Å². The highest BCUT2D eigenvalue weighted by Crippen LogP contribution is 2.32. The van der Waals surface area contributed by atoms with Gasteiger partial charge in [-0.05, 0) is 30.2 Å². The van der Waals surface area contributed by atoms with Gasteiger partial charge < -0.3 is 15.2 Å². The lowest BCUT2D eigenvalue weighted by Gasteiger charge is -2.28. The number of ether oxygens (including phenoxy) is 2. The molecule has 106 valence electrons. The van der Waals surface area contributed by atoms with Gasteiger partial charge in [-0.2, -0.15) is 0 Å². The molecule has 1 aromatic carbocycles. The summed E-state index contributed by atoms with van der Waals surface area (Å²) in [5.74, 6) is 0.860. The minimum absolute atomic E-state index is 0.199. The Bertz CT molecular complexity index is 428. The van der Waals surface area contributed by atoms with Gasteiger partial charge in [0.15, 0.2) is 0 Å². The molecule has 1 aromatic rings. The summed E-state index contributed by atoms with van der Waals surface area (Å²) < 4.78 is 11.8. The van der Waals surface area contributed by atoms with Crippen molar-refractivity contribution < 1.29 is 9.47 Å². The van der Waals surface area contributed by atoms with Crippen molar-refractivity contribution in [1.29, 1.82) is 0 Å². The fraction of sp³-hybridized carbons (Fsp3) is 0.571. The van der Waals surface area contributed by atoms with Crippen molar-refractivity contribution in [3.05, 3.63) is 28.2 Å². The van der Waals surface area contributed by atoms with Gasteiger partial charge in [0.1, 0.15) is 5.75 Å². The maximum absolute atomic E-state index is 5.99. The van der Waals surface area contributed by atoms with Gasteiger partial charge in [0.25, 0.3) is 0 Å². The Morgan fingerprint density at radius 3 is 2.84 bits per heavy atom. The predicted octanol–water partition coefficient (Wildman–Crippen LogP) is 2.18. The van der Waals surface area contributed by atoms with Crippen LogP contribution in [0.15, 0.2) is 22.7 Å². The number of hydrogen-bond donors (Lipinski definition) is 1. The summed E-state index contributed by atoms with van der Waals surface area (Å²) in [6.45, 7) is 2.54. The van der Waals surface area contributed by atoms with E-state index in [9.17, 15) is 0 Å². The van der Waals surface area contributed by atoms with Gasteiger partial charge in [-0.25, -0.2) is 0 Å². The van der Waals surface area contributed by atoms with E-state index >= 15 is 0 Å². The Balaban J connectivity index is 2.22. The Labute approximate surface area is 123 Å². The van der Waals surface area contributed by atoms with Crippen LogP contribution in [0.25, 0.3) is 0 Å². The van der Waals surface area contributed by atoms with Crippen LogP contribution in [0.5, 0.6) is 5.75 Å². The zero-order valence-electron chi connectivity index (χ0n) is 11.4. The third kappa shape index (κ3) is 3.28. The molecule has 5 heteroatoms. The molecule has 0 aliphatic carbocycles. The first kappa shape index (κ1) is 14.8. The van der Waals surface area contributed by atoms with Crippen LogP contribution in [0.1, 0.15) is 18.0 Å². The second kappa shape index (κ2) is 6.70. The minimum Gasteiger partial charge on any atom is -0.497 e. The third-order valence-electron chi connectivity index (χ3n) is 3.74. The third-order valence-corrected chi connectivity index (χ3v) is 4.46. The quantitative estimate of drug-likeness (QED) is 0.900. The molecule has 0 radical (unpaired) electrons. The van der Waals surface area contributed by atoms with E-state index in [0.29, 0.717) is 12.6 Å². The van der Waals surface area contributed by atoms with Gasteiger partial charge in [-0.3, -0.25) is 4.90 Å². The van der Waals surface area contributed by atoms with Gasteiger partial charge in [0.05, 0.1) is 13.2 Å². The number of hydrogen-bond acceptors (Lipinski definition) is 4. The van der Waals surface area contributed by atoms with Gasteiger partial charge in [0, 0.05) is 37.3 Å². The van der Waals surface area contributed by atoms with Crippen molar-refractivity contribution in [2.45, 2.75) is 18.6 Å². The topological polar surface area (TPSA) is 47.7 Å². The van der Waals surface area contributed by atoms with E-state index in [2.05, 4.69) is 26.9 Å². The number of likely N-dealkylation sites (tertiary alicyclic amines) is 1. The molecule has 1 heterocycles. The molecule has 0 spiro atoms. The van der Waals surface area contributed by atoms with Crippen molar-refractivity contribution in [1.82, 2.24) is 4.90 Å². The molecule has 0 aromatic heterocycles. The highest BCUT2D eigenvalue weighted by molar-refractivity contribution is 9.10. The van der Waals surface area contributed by atoms with Crippen molar-refractivity contribution in [3.8, 4) is 5.75 Å². The molecule has 1 aliphatic heterocycles. The predicted molar refractivity (Wildman–Crippen MR) is 79.5 cm³/mol. The fourth-order valence-corrected chi connectivity index (χ4v) is 3.12. The number of nitrogens with two attached hydrogens (primary N) is 1. The Morgan fingerprint density at radius 2 is 2.26 bits per heavy atom. The molecule has 2 N–H and O–H groups in total. The molecule has 1 aliphatic rings. The maximum atomic E-state index is 5.99. The monoisotopic (exact) mass is 328 g/mol. The largest absolute Gasteiger partial charge is 0.497 e. The van der Waals surface area contributed by atoms with Crippen molar-refractivity contribution in [3.63, 3.8) is 0 Å². The highest BCUT2D eigenvalue weighted by atomic mass is 79.9. The van der Waals surface area contributed by atoms with Crippen LogP contribution in [-0.2, 0) is 4.74 Å². The van der Waals surface area contributed by atoms with E-state index in [1.165, 1.54) is 5.56 Å². The first-order valence-corrected chi connectivity index (χ1v) is 7.29. The van der Waals surface area contributed by atoms with Crippen LogP contribution in [0.4, 0.5) is 0 Å². The number of benzene rings is 1. The molecular weight excluding hydrogens is 308 g/mol. The number of methoxy groups -OCH3 is 2. The fourth-order valence-electron chi connectivity index (χ4n) is 2.61. The van der Waals surface area contributed by atoms with Crippen LogP contribution in [-0.4, -0.2) is 44.9 Å². The van der Waals surface area contributed by atoms with E-state index in [1.807, 2.05) is 12.1 Å². The average Bonchev–Trinajstić information content (AvgIpc) is 2.90. The zero-order chi connectivity index (χ0) is 13.8. The average molecular weight is 329 g/mol. The van der Waals surface area contributed by atoms with Crippen LogP contribution in [0.3, 0.4) is 0 Å². The summed E-state index contributed by atoms with van der Waals surface area (Å²) in [4.78, 5) is 2.38. The van der Waals surface area contributed by atoms with Crippen LogP contribution in [0.2, 0.25) is 0 Å². The first-order valence-electron chi connectivity index (χ1n) is 6.50. The molecule has 2 rings (SSSR count). The minimum atomic E-state index is 0.199. The zero-order valence-corrected chi connectivity index (χ0v) is 13.0. The molecule has 1 fully saturated rings. The Hall–Kier alpha value is -0.620. The summed E-state index contributed by atoms with van der Waals surface area (Å²) in [5, 5.41) is 0. The Morgan fingerprint density at radius 1 is 1.47 bits per heavy atom. The maximum Gasteiger partial charge on any atom is 0.119 e. The van der Waals surface area contributed by atoms with E-state index in [1.54, 1.807) is 14.2 Å². The van der Waals surface area contributed by atoms with Gasteiger partial charge in [0.2, 0.25) is 0 Å². The standard InChI is InChI=1S/C14H21BrN2O2/c1-18-10-3-4-13(15)12(7-10)14(8-16)17-6-5-11(9-17)19-2/h3-4,7,11,14H,5-6,8-9,16H2,1-2H3. The Kier molecular flexibility index (Phi) is 5.21. The van der Waals surface area contributed by atoms with Gasteiger partial charge >= 0.3 is 0 Å². The van der Waals surface area contributed by atoms with Crippen molar-refractivity contribution in [2.75, 3.05) is 33.9 Å². The molecule has 0 amide bonds. The van der Waals surface area contributed by atoms with Crippen LogP contribution in [0, 0.1) is 0 Å². The smallest absolute Gasteiger partial charge is 0.119 e. The number of halogens is 1. The normalized spacial score (nSPS) is 21.6. The molecule has 2 unspecified atom stereocenters. The molecular formula is C14H21BrN2O2. The lowest BCUT2D eigenvalue weighted by molar-refractivity contribution is 0.101. The second-order valence-corrected chi connectivity index (χ2v) is 5.63.